The van der Waals surface area contributed by atoms with Gasteiger partial charge in [0.05, 0.1) is 18.9 Å². The Morgan fingerprint density at radius 1 is 1.27 bits per heavy atom. The Balaban J connectivity index is 1.61. The summed E-state index contributed by atoms with van der Waals surface area (Å²) >= 11 is 1.57. The summed E-state index contributed by atoms with van der Waals surface area (Å²) in [5.41, 5.74) is 3.50. The molecule has 1 aromatic heterocycles. The second kappa shape index (κ2) is 6.72. The molecule has 0 spiro atoms. The third kappa shape index (κ3) is 3.72. The zero-order valence-electron chi connectivity index (χ0n) is 12.3. The van der Waals surface area contributed by atoms with E-state index in [1.165, 1.54) is 0 Å². The van der Waals surface area contributed by atoms with Crippen LogP contribution >= 0.6 is 11.3 Å². The number of carbonyl (C=O) groups is 1. The Bertz CT molecular complexity index is 692. The maximum absolute atomic E-state index is 12.1. The topological polar surface area (TPSA) is 63.2 Å². The second-order valence-electron chi connectivity index (χ2n) is 5.00. The Hall–Kier alpha value is -2.18. The van der Waals surface area contributed by atoms with Gasteiger partial charge in [-0.3, -0.25) is 4.79 Å². The van der Waals surface area contributed by atoms with E-state index >= 15 is 0 Å². The molecule has 3 rings (SSSR count). The summed E-state index contributed by atoms with van der Waals surface area (Å²) in [6, 6.07) is 7.59. The molecule has 6 heteroatoms. The van der Waals surface area contributed by atoms with Gasteiger partial charge in [0, 0.05) is 28.7 Å². The number of hydrogen-bond acceptors (Lipinski definition) is 5. The average Bonchev–Trinajstić information content (AvgIpc) is 2.95. The number of benzene rings is 1. The molecule has 0 aliphatic carbocycles. The second-order valence-corrected chi connectivity index (χ2v) is 5.86. The predicted octanol–water partition coefficient (Wildman–Crippen LogP) is 3.48. The van der Waals surface area contributed by atoms with Gasteiger partial charge in [0.15, 0.2) is 5.13 Å². The number of thiazole rings is 1. The Morgan fingerprint density at radius 2 is 2.05 bits per heavy atom. The molecule has 0 bridgehead atoms. The number of anilines is 3. The van der Waals surface area contributed by atoms with Crippen LogP contribution in [0.3, 0.4) is 0 Å². The first-order valence-electron chi connectivity index (χ1n) is 7.08. The number of carbonyl (C=O) groups excluding carboxylic acids is 1. The largest absolute Gasteiger partial charge is 0.377 e. The molecule has 22 heavy (non-hydrogen) atoms. The smallest absolute Gasteiger partial charge is 0.251 e. The Labute approximate surface area is 133 Å². The van der Waals surface area contributed by atoms with Gasteiger partial charge in [0.25, 0.3) is 5.91 Å². The minimum Gasteiger partial charge on any atom is -0.377 e. The van der Waals surface area contributed by atoms with E-state index in [-0.39, 0.29) is 5.91 Å². The van der Waals surface area contributed by atoms with Gasteiger partial charge in [-0.25, -0.2) is 4.98 Å². The molecule has 114 valence electrons. The van der Waals surface area contributed by atoms with Crippen molar-refractivity contribution in [2.75, 3.05) is 23.8 Å². The molecule has 2 aromatic rings. The van der Waals surface area contributed by atoms with Gasteiger partial charge in [-0.05, 0) is 31.2 Å². The third-order valence-electron chi connectivity index (χ3n) is 3.27. The van der Waals surface area contributed by atoms with Crippen LogP contribution in [0.25, 0.3) is 0 Å². The maximum atomic E-state index is 12.1. The third-order valence-corrected chi connectivity index (χ3v) is 4.14. The van der Waals surface area contributed by atoms with Crippen LogP contribution in [-0.4, -0.2) is 24.1 Å². The highest BCUT2D eigenvalue weighted by atomic mass is 32.1. The highest BCUT2D eigenvalue weighted by molar-refractivity contribution is 7.13. The van der Waals surface area contributed by atoms with Gasteiger partial charge in [0.1, 0.15) is 0 Å². The van der Waals surface area contributed by atoms with Crippen molar-refractivity contribution in [1.29, 1.82) is 0 Å². The van der Waals surface area contributed by atoms with Gasteiger partial charge in [-0.2, -0.15) is 0 Å². The van der Waals surface area contributed by atoms with E-state index in [0.717, 1.165) is 27.8 Å². The molecule has 0 saturated carbocycles. The summed E-state index contributed by atoms with van der Waals surface area (Å²) in [5.74, 6) is -0.0560. The van der Waals surface area contributed by atoms with Crippen molar-refractivity contribution in [3.8, 4) is 0 Å². The quantitative estimate of drug-likeness (QED) is 0.906. The van der Waals surface area contributed by atoms with Crippen LogP contribution in [0.5, 0.6) is 0 Å². The fourth-order valence-electron chi connectivity index (χ4n) is 2.12. The van der Waals surface area contributed by atoms with Crippen molar-refractivity contribution in [3.63, 3.8) is 0 Å². The van der Waals surface area contributed by atoms with E-state index in [1.807, 2.05) is 42.6 Å². The van der Waals surface area contributed by atoms with Crippen molar-refractivity contribution in [1.82, 2.24) is 4.98 Å². The van der Waals surface area contributed by atoms with E-state index in [1.54, 1.807) is 11.3 Å². The van der Waals surface area contributed by atoms with Crippen molar-refractivity contribution < 1.29 is 9.53 Å². The number of hydrogen-bond donors (Lipinski definition) is 2. The van der Waals surface area contributed by atoms with E-state index in [2.05, 4.69) is 15.6 Å². The van der Waals surface area contributed by atoms with Crippen LogP contribution in [0.1, 0.15) is 12.1 Å². The molecule has 2 heterocycles. The lowest BCUT2D eigenvalue weighted by atomic mass is 10.1. The normalized spacial score (nSPS) is 14.3. The molecule has 5 nitrogen and oxygen atoms in total. The van der Waals surface area contributed by atoms with Crippen LogP contribution in [0.4, 0.5) is 16.5 Å². The predicted molar refractivity (Wildman–Crippen MR) is 88.7 cm³/mol. The van der Waals surface area contributed by atoms with Crippen LogP contribution in [0, 0.1) is 6.92 Å². The summed E-state index contributed by atoms with van der Waals surface area (Å²) in [4.78, 5) is 16.4. The van der Waals surface area contributed by atoms with E-state index < -0.39 is 0 Å². The van der Waals surface area contributed by atoms with Gasteiger partial charge in [-0.1, -0.05) is 6.08 Å². The lowest BCUT2D eigenvalue weighted by Crippen LogP contribution is -2.18. The van der Waals surface area contributed by atoms with E-state index in [4.69, 9.17) is 4.74 Å². The molecular formula is C16H17N3O2S. The molecule has 1 aromatic carbocycles. The highest BCUT2D eigenvalue weighted by Crippen LogP contribution is 2.22. The van der Waals surface area contributed by atoms with Gasteiger partial charge in [-0.15, -0.1) is 11.3 Å². The molecule has 1 aliphatic rings. The number of nitrogens with zero attached hydrogens (tertiary/aromatic N) is 1. The molecule has 0 unspecified atom stereocenters. The number of nitrogens with one attached hydrogen (secondary N) is 2. The zero-order valence-corrected chi connectivity index (χ0v) is 13.1. The van der Waals surface area contributed by atoms with Crippen LogP contribution in [0.15, 0.2) is 41.3 Å². The minimum absolute atomic E-state index is 0.0560. The Kier molecular flexibility index (Phi) is 4.50. The molecule has 1 amide bonds. The highest BCUT2D eigenvalue weighted by Gasteiger charge is 2.12. The minimum atomic E-state index is -0.0560. The summed E-state index contributed by atoms with van der Waals surface area (Å²) in [7, 11) is 0. The number of aryl methyl sites for hydroxylation is 1. The van der Waals surface area contributed by atoms with Crippen molar-refractivity contribution in [3.05, 3.63) is 47.0 Å². The van der Waals surface area contributed by atoms with Crippen LogP contribution in [0.2, 0.25) is 0 Å². The first kappa shape index (κ1) is 14.7. The van der Waals surface area contributed by atoms with Crippen LogP contribution < -0.4 is 10.6 Å². The van der Waals surface area contributed by atoms with Crippen molar-refractivity contribution in [2.24, 2.45) is 0 Å². The van der Waals surface area contributed by atoms with Crippen LogP contribution in [-0.2, 0) is 9.53 Å². The van der Waals surface area contributed by atoms with Crippen molar-refractivity contribution in [2.45, 2.75) is 13.3 Å². The first-order chi connectivity index (χ1) is 10.7. The maximum Gasteiger partial charge on any atom is 0.251 e. The lowest BCUT2D eigenvalue weighted by molar-refractivity contribution is -0.113. The summed E-state index contributed by atoms with van der Waals surface area (Å²) in [5, 5.41) is 9.00. The average molecular weight is 315 g/mol. The van der Waals surface area contributed by atoms with Gasteiger partial charge < -0.3 is 15.4 Å². The number of rotatable bonds is 4. The van der Waals surface area contributed by atoms with Gasteiger partial charge >= 0.3 is 0 Å². The van der Waals surface area contributed by atoms with Gasteiger partial charge in [0.2, 0.25) is 0 Å². The number of ether oxygens (including phenoxy) is 1. The number of amides is 1. The summed E-state index contributed by atoms with van der Waals surface area (Å²) in [6.07, 6.45) is 2.49. The molecule has 0 radical (unpaired) electrons. The molecule has 1 aliphatic heterocycles. The molecule has 0 atom stereocenters. The number of aromatic nitrogens is 1. The first-order valence-corrected chi connectivity index (χ1v) is 7.96. The SMILES string of the molecule is Cc1csc(Nc2ccc(NC(=O)C3=CCOCC3)cc2)n1. The fourth-order valence-corrected chi connectivity index (χ4v) is 2.82. The fraction of sp³-hybridized carbons (Fsp3) is 0.250. The monoisotopic (exact) mass is 315 g/mol. The molecular weight excluding hydrogens is 298 g/mol. The van der Waals surface area contributed by atoms with Crippen molar-refractivity contribution >= 4 is 33.8 Å². The molecule has 2 N–H and O–H groups in total. The van der Waals surface area contributed by atoms with E-state index in [0.29, 0.717) is 19.6 Å². The lowest BCUT2D eigenvalue weighted by Gasteiger charge is -2.13. The summed E-state index contributed by atoms with van der Waals surface area (Å²) in [6.45, 7) is 3.08. The molecule has 0 fully saturated rings. The molecule has 0 saturated heterocycles. The summed E-state index contributed by atoms with van der Waals surface area (Å²) < 4.78 is 5.20. The Morgan fingerprint density at radius 3 is 2.68 bits per heavy atom. The van der Waals surface area contributed by atoms with E-state index in [9.17, 15) is 4.79 Å². The zero-order chi connectivity index (χ0) is 15.4. The standard InChI is InChI=1S/C16H17N3O2S/c1-11-10-22-16(17-11)19-14-4-2-13(3-5-14)18-15(20)12-6-8-21-9-7-12/h2-6,10H,7-9H2,1H3,(H,17,19)(H,18,20).